The fraction of sp³-hybridized carbons (Fsp3) is 1.00. The van der Waals surface area contributed by atoms with Gasteiger partial charge in [0.15, 0.2) is 0 Å². The molecule has 3 heterocycles. The SMILES string of the molecule is CCN(C)C1(CN)CN2CCC1CC2. The lowest BCUT2D eigenvalue weighted by Crippen LogP contribution is -2.69. The van der Waals surface area contributed by atoms with Gasteiger partial charge >= 0.3 is 0 Å². The van der Waals surface area contributed by atoms with Gasteiger partial charge in [-0.15, -0.1) is 0 Å². The molecule has 3 fully saturated rings. The molecule has 3 aliphatic rings. The molecule has 3 heteroatoms. The van der Waals surface area contributed by atoms with Crippen LogP contribution in [0.1, 0.15) is 19.8 Å². The summed E-state index contributed by atoms with van der Waals surface area (Å²) in [5, 5.41) is 0. The Kier molecular flexibility index (Phi) is 2.82. The summed E-state index contributed by atoms with van der Waals surface area (Å²) in [5.41, 5.74) is 6.32. The zero-order valence-corrected chi connectivity index (χ0v) is 9.50. The lowest BCUT2D eigenvalue weighted by molar-refractivity contribution is -0.0539. The minimum atomic E-state index is 0.283. The molecule has 82 valence electrons. The number of hydrogen-bond acceptors (Lipinski definition) is 3. The monoisotopic (exact) mass is 197 g/mol. The molecule has 3 saturated heterocycles. The molecule has 0 aromatic carbocycles. The quantitative estimate of drug-likeness (QED) is 0.709. The Hall–Kier alpha value is -0.120. The van der Waals surface area contributed by atoms with Crippen LogP contribution in [-0.2, 0) is 0 Å². The Morgan fingerprint density at radius 3 is 2.43 bits per heavy atom. The number of rotatable bonds is 3. The van der Waals surface area contributed by atoms with Gasteiger partial charge < -0.3 is 10.6 Å². The minimum Gasteiger partial charge on any atom is -0.329 e. The molecule has 3 rings (SSSR count). The molecule has 0 aromatic heterocycles. The molecule has 0 amide bonds. The van der Waals surface area contributed by atoms with E-state index in [0.29, 0.717) is 0 Å². The predicted octanol–water partition coefficient (Wildman–Crippen LogP) is 0.361. The molecule has 0 saturated carbocycles. The van der Waals surface area contributed by atoms with Gasteiger partial charge in [-0.3, -0.25) is 4.90 Å². The topological polar surface area (TPSA) is 32.5 Å². The summed E-state index contributed by atoms with van der Waals surface area (Å²) in [5.74, 6) is 0.836. The van der Waals surface area contributed by atoms with E-state index in [1.54, 1.807) is 0 Å². The van der Waals surface area contributed by atoms with Crippen LogP contribution < -0.4 is 5.73 Å². The number of nitrogens with zero attached hydrogens (tertiary/aromatic N) is 2. The zero-order chi connectivity index (χ0) is 10.2. The van der Waals surface area contributed by atoms with E-state index in [0.717, 1.165) is 19.0 Å². The van der Waals surface area contributed by atoms with Crippen molar-refractivity contribution in [2.75, 3.05) is 39.8 Å². The zero-order valence-electron chi connectivity index (χ0n) is 9.50. The maximum absolute atomic E-state index is 6.03. The lowest BCUT2D eigenvalue weighted by atomic mass is 9.72. The van der Waals surface area contributed by atoms with Gasteiger partial charge in [-0.2, -0.15) is 0 Å². The van der Waals surface area contributed by atoms with E-state index in [2.05, 4.69) is 23.8 Å². The molecule has 3 aliphatic heterocycles. The highest BCUT2D eigenvalue weighted by Crippen LogP contribution is 2.38. The van der Waals surface area contributed by atoms with Crippen molar-refractivity contribution in [1.29, 1.82) is 0 Å². The Morgan fingerprint density at radius 2 is 2.07 bits per heavy atom. The maximum atomic E-state index is 6.03. The van der Waals surface area contributed by atoms with Gasteiger partial charge in [-0.1, -0.05) is 6.92 Å². The fourth-order valence-corrected chi connectivity index (χ4v) is 3.28. The first kappa shape index (κ1) is 10.4. The van der Waals surface area contributed by atoms with Crippen LogP contribution in [0.2, 0.25) is 0 Å². The number of fused-ring (bicyclic) bond motifs is 3. The van der Waals surface area contributed by atoms with E-state index in [9.17, 15) is 0 Å². The van der Waals surface area contributed by atoms with Crippen molar-refractivity contribution in [3.63, 3.8) is 0 Å². The highest BCUT2D eigenvalue weighted by atomic mass is 15.3. The summed E-state index contributed by atoms with van der Waals surface area (Å²) in [6.45, 7) is 7.95. The fourth-order valence-electron chi connectivity index (χ4n) is 3.28. The minimum absolute atomic E-state index is 0.283. The van der Waals surface area contributed by atoms with E-state index in [4.69, 9.17) is 5.73 Å². The lowest BCUT2D eigenvalue weighted by Gasteiger charge is -2.56. The molecule has 2 bridgehead atoms. The molecule has 3 nitrogen and oxygen atoms in total. The van der Waals surface area contributed by atoms with Crippen LogP contribution >= 0.6 is 0 Å². The predicted molar refractivity (Wildman–Crippen MR) is 59.3 cm³/mol. The van der Waals surface area contributed by atoms with Crippen LogP contribution in [0, 0.1) is 5.92 Å². The average molecular weight is 197 g/mol. The molecule has 14 heavy (non-hydrogen) atoms. The average Bonchev–Trinajstić information content (AvgIpc) is 2.29. The van der Waals surface area contributed by atoms with Gasteiger partial charge in [0.2, 0.25) is 0 Å². The third-order valence-electron chi connectivity index (χ3n) is 4.43. The first-order valence-electron chi connectivity index (χ1n) is 5.86. The van der Waals surface area contributed by atoms with Gasteiger partial charge in [0, 0.05) is 18.6 Å². The summed E-state index contributed by atoms with van der Waals surface area (Å²) in [6, 6.07) is 0. The van der Waals surface area contributed by atoms with Crippen LogP contribution in [0.25, 0.3) is 0 Å². The third-order valence-corrected chi connectivity index (χ3v) is 4.43. The molecular weight excluding hydrogens is 174 g/mol. The second-order valence-electron chi connectivity index (χ2n) is 4.87. The van der Waals surface area contributed by atoms with Gasteiger partial charge in [0.05, 0.1) is 0 Å². The first-order chi connectivity index (χ1) is 6.73. The molecule has 1 unspecified atom stereocenters. The standard InChI is InChI=1S/C11H23N3/c1-3-13(2)11(8-12)9-14-6-4-10(11)5-7-14/h10H,3-9,12H2,1-2H3. The molecule has 0 aromatic rings. The number of nitrogens with two attached hydrogens (primary N) is 1. The number of hydrogen-bond donors (Lipinski definition) is 1. The Morgan fingerprint density at radius 1 is 1.43 bits per heavy atom. The summed E-state index contributed by atoms with van der Waals surface area (Å²) < 4.78 is 0. The van der Waals surface area contributed by atoms with E-state index in [1.807, 2.05) is 0 Å². The van der Waals surface area contributed by atoms with Crippen molar-refractivity contribution in [3.8, 4) is 0 Å². The molecular formula is C11H23N3. The van der Waals surface area contributed by atoms with Crippen molar-refractivity contribution in [2.24, 2.45) is 11.7 Å². The van der Waals surface area contributed by atoms with Crippen LogP contribution in [-0.4, -0.2) is 55.1 Å². The maximum Gasteiger partial charge on any atom is 0.0484 e. The van der Waals surface area contributed by atoms with Crippen molar-refractivity contribution < 1.29 is 0 Å². The summed E-state index contributed by atoms with van der Waals surface area (Å²) in [6.07, 6.45) is 2.70. The van der Waals surface area contributed by atoms with Gasteiger partial charge in [0.25, 0.3) is 0 Å². The van der Waals surface area contributed by atoms with Crippen molar-refractivity contribution in [1.82, 2.24) is 9.80 Å². The van der Waals surface area contributed by atoms with E-state index in [-0.39, 0.29) is 5.54 Å². The molecule has 0 radical (unpaired) electrons. The molecule has 0 aliphatic carbocycles. The van der Waals surface area contributed by atoms with Gasteiger partial charge in [0.1, 0.15) is 0 Å². The number of likely N-dealkylation sites (N-methyl/N-ethyl adjacent to an activating group) is 1. The van der Waals surface area contributed by atoms with E-state index >= 15 is 0 Å². The van der Waals surface area contributed by atoms with Crippen LogP contribution in [0.3, 0.4) is 0 Å². The smallest absolute Gasteiger partial charge is 0.0484 e. The normalized spacial score (nSPS) is 42.0. The summed E-state index contributed by atoms with van der Waals surface area (Å²) in [4.78, 5) is 5.06. The number of piperidine rings is 3. The Bertz CT molecular complexity index is 199. The van der Waals surface area contributed by atoms with Crippen LogP contribution in [0.15, 0.2) is 0 Å². The summed E-state index contributed by atoms with van der Waals surface area (Å²) >= 11 is 0. The van der Waals surface area contributed by atoms with Crippen LogP contribution in [0.5, 0.6) is 0 Å². The molecule has 0 spiro atoms. The Labute approximate surface area is 87.2 Å². The largest absolute Gasteiger partial charge is 0.329 e. The molecule has 1 atom stereocenters. The van der Waals surface area contributed by atoms with E-state index < -0.39 is 0 Å². The van der Waals surface area contributed by atoms with Gasteiger partial charge in [-0.05, 0) is 45.4 Å². The molecule has 2 N–H and O–H groups in total. The van der Waals surface area contributed by atoms with Crippen LogP contribution in [0.4, 0.5) is 0 Å². The highest BCUT2D eigenvalue weighted by molar-refractivity contribution is 5.05. The third kappa shape index (κ3) is 1.38. The second kappa shape index (κ2) is 3.80. The van der Waals surface area contributed by atoms with Crippen molar-refractivity contribution in [2.45, 2.75) is 25.3 Å². The van der Waals surface area contributed by atoms with E-state index in [1.165, 1.54) is 32.5 Å². The van der Waals surface area contributed by atoms with Crippen molar-refractivity contribution >= 4 is 0 Å². The highest BCUT2D eigenvalue weighted by Gasteiger charge is 2.47. The Balaban J connectivity index is 2.19. The second-order valence-corrected chi connectivity index (χ2v) is 4.87. The summed E-state index contributed by atoms with van der Waals surface area (Å²) in [7, 11) is 2.23. The van der Waals surface area contributed by atoms with Crippen molar-refractivity contribution in [3.05, 3.63) is 0 Å². The van der Waals surface area contributed by atoms with Gasteiger partial charge in [-0.25, -0.2) is 0 Å². The first-order valence-corrected chi connectivity index (χ1v) is 5.86.